The number of piperidine rings is 2. The van der Waals surface area contributed by atoms with Gasteiger partial charge in [0.25, 0.3) is 0 Å². The zero-order valence-electron chi connectivity index (χ0n) is 15.9. The van der Waals surface area contributed by atoms with Crippen LogP contribution in [0.15, 0.2) is 0 Å². The number of carbonyl (C=O) groups excluding carboxylic acids is 2. The molecule has 1 atom stereocenters. The fourth-order valence-electron chi connectivity index (χ4n) is 3.60. The SMILES string of the molecule is CCC(C)(C)NC(=O)CN1CCCC(C(=O)N2CCC(C)CC2)C1. The lowest BCUT2D eigenvalue weighted by Gasteiger charge is -2.37. The van der Waals surface area contributed by atoms with Gasteiger partial charge in [-0.2, -0.15) is 0 Å². The molecule has 2 rings (SSSR count). The quantitative estimate of drug-likeness (QED) is 0.837. The summed E-state index contributed by atoms with van der Waals surface area (Å²) in [5.74, 6) is 1.18. The van der Waals surface area contributed by atoms with Crippen LogP contribution in [0.4, 0.5) is 0 Å². The van der Waals surface area contributed by atoms with E-state index in [-0.39, 0.29) is 17.4 Å². The van der Waals surface area contributed by atoms with E-state index in [4.69, 9.17) is 0 Å². The Kier molecular flexibility index (Phi) is 6.67. The predicted octanol–water partition coefficient (Wildman–Crippen LogP) is 2.26. The lowest BCUT2D eigenvalue weighted by molar-refractivity contribution is -0.139. The monoisotopic (exact) mass is 337 g/mol. The molecule has 5 nitrogen and oxygen atoms in total. The highest BCUT2D eigenvalue weighted by molar-refractivity contribution is 5.80. The lowest BCUT2D eigenvalue weighted by atomic mass is 9.93. The standard InChI is InChI=1S/C19H35N3O2/c1-5-19(3,4)20-17(23)14-21-10-6-7-16(13-21)18(24)22-11-8-15(2)9-12-22/h15-16H,5-14H2,1-4H3,(H,20,23). The molecule has 0 spiro atoms. The van der Waals surface area contributed by atoms with Crippen molar-refractivity contribution in [3.05, 3.63) is 0 Å². The molecule has 2 heterocycles. The summed E-state index contributed by atoms with van der Waals surface area (Å²) in [6.07, 6.45) is 5.12. The summed E-state index contributed by atoms with van der Waals surface area (Å²) in [6.45, 7) is 12.3. The Labute approximate surface area is 147 Å². The van der Waals surface area contributed by atoms with Crippen LogP contribution in [0.3, 0.4) is 0 Å². The van der Waals surface area contributed by atoms with E-state index in [1.807, 2.05) is 13.8 Å². The molecular weight excluding hydrogens is 302 g/mol. The number of hydrogen-bond donors (Lipinski definition) is 1. The van der Waals surface area contributed by atoms with Crippen molar-refractivity contribution in [2.75, 3.05) is 32.7 Å². The van der Waals surface area contributed by atoms with Gasteiger partial charge in [-0.05, 0) is 58.4 Å². The minimum atomic E-state index is -0.160. The van der Waals surface area contributed by atoms with Gasteiger partial charge in [-0.1, -0.05) is 13.8 Å². The Bertz CT molecular complexity index is 442. The van der Waals surface area contributed by atoms with E-state index in [1.54, 1.807) is 0 Å². The zero-order valence-corrected chi connectivity index (χ0v) is 15.9. The fraction of sp³-hybridized carbons (Fsp3) is 0.895. The van der Waals surface area contributed by atoms with E-state index in [0.717, 1.165) is 64.2 Å². The van der Waals surface area contributed by atoms with Crippen molar-refractivity contribution >= 4 is 11.8 Å². The third kappa shape index (κ3) is 5.47. The normalized spacial score (nSPS) is 24.0. The smallest absolute Gasteiger partial charge is 0.234 e. The second kappa shape index (κ2) is 8.32. The Morgan fingerprint density at radius 2 is 1.79 bits per heavy atom. The Morgan fingerprint density at radius 1 is 1.12 bits per heavy atom. The van der Waals surface area contributed by atoms with E-state index in [9.17, 15) is 9.59 Å². The molecule has 2 amide bonds. The maximum Gasteiger partial charge on any atom is 0.234 e. The lowest BCUT2D eigenvalue weighted by Crippen LogP contribution is -2.51. The number of carbonyl (C=O) groups is 2. The maximum absolute atomic E-state index is 12.8. The molecule has 2 aliphatic rings. The molecule has 0 aliphatic carbocycles. The summed E-state index contributed by atoms with van der Waals surface area (Å²) >= 11 is 0. The number of nitrogens with one attached hydrogen (secondary N) is 1. The Hall–Kier alpha value is -1.10. The van der Waals surface area contributed by atoms with Crippen molar-refractivity contribution in [2.45, 2.75) is 65.3 Å². The molecule has 0 aromatic heterocycles. The first-order valence-electron chi connectivity index (χ1n) is 9.63. The molecule has 5 heteroatoms. The summed E-state index contributed by atoms with van der Waals surface area (Å²) < 4.78 is 0. The van der Waals surface area contributed by atoms with Crippen molar-refractivity contribution in [2.24, 2.45) is 11.8 Å². The van der Waals surface area contributed by atoms with Gasteiger partial charge in [0.15, 0.2) is 0 Å². The molecule has 2 aliphatic heterocycles. The van der Waals surface area contributed by atoms with Crippen molar-refractivity contribution < 1.29 is 9.59 Å². The Morgan fingerprint density at radius 3 is 2.42 bits per heavy atom. The van der Waals surface area contributed by atoms with E-state index in [0.29, 0.717) is 12.5 Å². The average Bonchev–Trinajstić information content (AvgIpc) is 2.54. The number of nitrogens with zero attached hydrogens (tertiary/aromatic N) is 2. The second-order valence-electron chi connectivity index (χ2n) is 8.37. The third-order valence-electron chi connectivity index (χ3n) is 5.68. The summed E-state index contributed by atoms with van der Waals surface area (Å²) in [5.41, 5.74) is -0.160. The van der Waals surface area contributed by atoms with Crippen molar-refractivity contribution in [1.29, 1.82) is 0 Å². The molecule has 1 N–H and O–H groups in total. The highest BCUT2D eigenvalue weighted by atomic mass is 16.2. The first-order valence-corrected chi connectivity index (χ1v) is 9.63. The van der Waals surface area contributed by atoms with E-state index < -0.39 is 0 Å². The van der Waals surface area contributed by atoms with Crippen LogP contribution in [0.2, 0.25) is 0 Å². The Balaban J connectivity index is 1.83. The molecule has 0 aromatic rings. The van der Waals surface area contributed by atoms with Gasteiger partial charge in [-0.25, -0.2) is 0 Å². The molecule has 138 valence electrons. The number of hydrogen-bond acceptors (Lipinski definition) is 3. The predicted molar refractivity (Wildman–Crippen MR) is 96.7 cm³/mol. The van der Waals surface area contributed by atoms with E-state index in [2.05, 4.69) is 29.0 Å². The molecule has 2 fully saturated rings. The van der Waals surface area contributed by atoms with Crippen LogP contribution in [-0.2, 0) is 9.59 Å². The summed E-state index contributed by atoms with van der Waals surface area (Å²) in [6, 6.07) is 0. The molecule has 2 saturated heterocycles. The second-order valence-corrected chi connectivity index (χ2v) is 8.37. The molecule has 24 heavy (non-hydrogen) atoms. The van der Waals surface area contributed by atoms with Gasteiger partial charge in [0.1, 0.15) is 0 Å². The molecular formula is C19H35N3O2. The van der Waals surface area contributed by atoms with Gasteiger partial charge < -0.3 is 10.2 Å². The van der Waals surface area contributed by atoms with Gasteiger partial charge >= 0.3 is 0 Å². The van der Waals surface area contributed by atoms with Gasteiger partial charge in [-0.15, -0.1) is 0 Å². The molecule has 0 bridgehead atoms. The highest BCUT2D eigenvalue weighted by Crippen LogP contribution is 2.23. The first-order chi connectivity index (χ1) is 11.3. The summed E-state index contributed by atoms with van der Waals surface area (Å²) in [4.78, 5) is 29.2. The van der Waals surface area contributed by atoms with Crippen LogP contribution in [0.1, 0.15) is 59.8 Å². The average molecular weight is 338 g/mol. The number of amides is 2. The highest BCUT2D eigenvalue weighted by Gasteiger charge is 2.31. The van der Waals surface area contributed by atoms with E-state index in [1.165, 1.54) is 0 Å². The molecule has 1 unspecified atom stereocenters. The van der Waals surface area contributed by atoms with Crippen LogP contribution in [-0.4, -0.2) is 59.9 Å². The van der Waals surface area contributed by atoms with Gasteiger partial charge in [-0.3, -0.25) is 14.5 Å². The summed E-state index contributed by atoms with van der Waals surface area (Å²) in [5, 5.41) is 3.09. The van der Waals surface area contributed by atoms with Gasteiger partial charge in [0.05, 0.1) is 12.5 Å². The van der Waals surface area contributed by atoms with Crippen LogP contribution in [0.5, 0.6) is 0 Å². The van der Waals surface area contributed by atoms with Crippen molar-refractivity contribution in [3.63, 3.8) is 0 Å². The molecule has 0 radical (unpaired) electrons. The first kappa shape index (κ1) is 19.2. The maximum atomic E-state index is 12.8. The van der Waals surface area contributed by atoms with Crippen LogP contribution >= 0.6 is 0 Å². The zero-order chi connectivity index (χ0) is 17.7. The summed E-state index contributed by atoms with van der Waals surface area (Å²) in [7, 11) is 0. The van der Waals surface area contributed by atoms with Crippen molar-refractivity contribution in [3.8, 4) is 0 Å². The van der Waals surface area contributed by atoms with Crippen LogP contribution in [0.25, 0.3) is 0 Å². The topological polar surface area (TPSA) is 52.7 Å². The molecule has 0 aromatic carbocycles. The van der Waals surface area contributed by atoms with E-state index >= 15 is 0 Å². The van der Waals surface area contributed by atoms with Crippen LogP contribution < -0.4 is 5.32 Å². The fourth-order valence-corrected chi connectivity index (χ4v) is 3.60. The van der Waals surface area contributed by atoms with Gasteiger partial charge in [0, 0.05) is 25.2 Å². The largest absolute Gasteiger partial charge is 0.350 e. The number of likely N-dealkylation sites (tertiary alicyclic amines) is 2. The van der Waals surface area contributed by atoms with Gasteiger partial charge in [0.2, 0.25) is 11.8 Å². The number of rotatable bonds is 5. The molecule has 0 saturated carbocycles. The minimum absolute atomic E-state index is 0.0686. The minimum Gasteiger partial charge on any atom is -0.350 e. The third-order valence-corrected chi connectivity index (χ3v) is 5.68. The van der Waals surface area contributed by atoms with Crippen molar-refractivity contribution in [1.82, 2.24) is 15.1 Å². The van der Waals surface area contributed by atoms with Crippen LogP contribution in [0, 0.1) is 11.8 Å².